The molecule has 0 N–H and O–H groups in total. The highest BCUT2D eigenvalue weighted by Gasteiger charge is 2.07. The van der Waals surface area contributed by atoms with Gasteiger partial charge < -0.3 is 9.47 Å². The summed E-state index contributed by atoms with van der Waals surface area (Å²) in [5.74, 6) is 1.69. The average molecular weight is 245 g/mol. The van der Waals surface area contributed by atoms with E-state index in [9.17, 15) is 0 Å². The Balaban J connectivity index is 2.99. The van der Waals surface area contributed by atoms with Gasteiger partial charge in [0.2, 0.25) is 0 Å². The fraction of sp³-hybridized carbons (Fsp3) is 0.400. The number of ether oxygens (including phenoxy) is 2. The van der Waals surface area contributed by atoms with Crippen molar-refractivity contribution in [1.29, 1.82) is 5.26 Å². The summed E-state index contributed by atoms with van der Waals surface area (Å²) >= 11 is 0. The van der Waals surface area contributed by atoms with E-state index in [1.54, 1.807) is 7.11 Å². The van der Waals surface area contributed by atoms with E-state index in [1.807, 2.05) is 38.1 Å². The van der Waals surface area contributed by atoms with Crippen molar-refractivity contribution in [1.82, 2.24) is 0 Å². The average Bonchev–Trinajstić information content (AvgIpc) is 2.42. The van der Waals surface area contributed by atoms with Crippen molar-refractivity contribution in [2.45, 2.75) is 26.7 Å². The van der Waals surface area contributed by atoms with E-state index in [-0.39, 0.29) is 0 Å². The van der Waals surface area contributed by atoms with Crippen molar-refractivity contribution >= 4 is 5.76 Å². The van der Waals surface area contributed by atoms with Crippen molar-refractivity contribution in [2.75, 3.05) is 13.7 Å². The lowest BCUT2D eigenvalue weighted by Crippen LogP contribution is -1.96. The van der Waals surface area contributed by atoms with Crippen molar-refractivity contribution < 1.29 is 9.47 Å². The third kappa shape index (κ3) is 3.81. The first kappa shape index (κ1) is 14.1. The molecule has 1 aromatic rings. The molecular weight excluding hydrogens is 226 g/mol. The first-order chi connectivity index (χ1) is 8.72. The molecule has 0 aliphatic carbocycles. The van der Waals surface area contributed by atoms with Crippen molar-refractivity contribution in [3.63, 3.8) is 0 Å². The molecule has 0 aromatic heterocycles. The van der Waals surface area contributed by atoms with Crippen molar-refractivity contribution in [2.24, 2.45) is 0 Å². The fourth-order valence-electron chi connectivity index (χ4n) is 1.70. The number of hydrogen-bond donors (Lipinski definition) is 0. The van der Waals surface area contributed by atoms with Crippen LogP contribution < -0.4 is 4.74 Å². The van der Waals surface area contributed by atoms with E-state index >= 15 is 0 Å². The molecule has 1 aromatic carbocycles. The number of rotatable bonds is 6. The zero-order valence-corrected chi connectivity index (χ0v) is 11.2. The molecule has 3 nitrogen and oxygen atoms in total. The molecule has 0 fully saturated rings. The summed E-state index contributed by atoms with van der Waals surface area (Å²) in [6, 6.07) is 9.92. The Morgan fingerprint density at radius 3 is 2.44 bits per heavy atom. The predicted octanol–water partition coefficient (Wildman–Crippen LogP) is 3.77. The second-order valence-corrected chi connectivity index (χ2v) is 3.93. The zero-order chi connectivity index (χ0) is 13.4. The molecule has 0 aliphatic rings. The van der Waals surface area contributed by atoms with Crippen molar-refractivity contribution in [3.8, 4) is 11.8 Å². The van der Waals surface area contributed by atoms with E-state index in [0.29, 0.717) is 13.0 Å². The minimum absolute atomic E-state index is 0.512. The zero-order valence-electron chi connectivity index (χ0n) is 11.2. The van der Waals surface area contributed by atoms with Gasteiger partial charge in [-0.15, -0.1) is 0 Å². The Morgan fingerprint density at radius 2 is 1.94 bits per heavy atom. The fourth-order valence-corrected chi connectivity index (χ4v) is 1.70. The van der Waals surface area contributed by atoms with Crippen LogP contribution in [0.3, 0.4) is 0 Å². The molecule has 0 heterocycles. The van der Waals surface area contributed by atoms with Crippen LogP contribution in [0.2, 0.25) is 0 Å². The third-order valence-corrected chi connectivity index (χ3v) is 2.64. The minimum atomic E-state index is 0.512. The summed E-state index contributed by atoms with van der Waals surface area (Å²) < 4.78 is 10.8. The molecule has 0 radical (unpaired) electrons. The van der Waals surface area contributed by atoms with Gasteiger partial charge in [0.05, 0.1) is 19.8 Å². The molecule has 0 saturated heterocycles. The topological polar surface area (TPSA) is 42.2 Å². The van der Waals surface area contributed by atoms with E-state index in [0.717, 1.165) is 29.1 Å². The normalized spacial score (nSPS) is 11.4. The Hall–Kier alpha value is -1.95. The van der Waals surface area contributed by atoms with Gasteiger partial charge in [0.25, 0.3) is 0 Å². The summed E-state index contributed by atoms with van der Waals surface area (Å²) in [6.07, 6.45) is 1.25. The smallest absolute Gasteiger partial charge is 0.125 e. The van der Waals surface area contributed by atoms with E-state index in [1.165, 1.54) is 0 Å². The number of nitriles is 1. The molecule has 1 rings (SSSR count). The summed E-state index contributed by atoms with van der Waals surface area (Å²) in [5, 5.41) is 8.64. The maximum atomic E-state index is 8.64. The SMILES string of the molecule is CCOC(=C(C)CCC#N)c1ccc(OC)cc1. The lowest BCUT2D eigenvalue weighted by molar-refractivity contribution is 0.294. The van der Waals surface area contributed by atoms with Crippen LogP contribution in [-0.4, -0.2) is 13.7 Å². The molecule has 18 heavy (non-hydrogen) atoms. The Bertz CT molecular complexity index is 441. The van der Waals surface area contributed by atoms with Gasteiger partial charge in [-0.25, -0.2) is 0 Å². The van der Waals surface area contributed by atoms with Crippen molar-refractivity contribution in [3.05, 3.63) is 35.4 Å². The molecule has 0 saturated carbocycles. The second kappa shape index (κ2) is 7.39. The van der Waals surface area contributed by atoms with Crippen LogP contribution in [0.15, 0.2) is 29.8 Å². The van der Waals surface area contributed by atoms with Crippen LogP contribution >= 0.6 is 0 Å². The highest BCUT2D eigenvalue weighted by atomic mass is 16.5. The number of nitrogens with zero attached hydrogens (tertiary/aromatic N) is 1. The molecule has 0 bridgehead atoms. The summed E-state index contributed by atoms with van der Waals surface area (Å²) in [4.78, 5) is 0. The minimum Gasteiger partial charge on any atom is -0.497 e. The maximum absolute atomic E-state index is 8.64. The molecule has 0 amide bonds. The molecule has 0 spiro atoms. The van der Waals surface area contributed by atoms with Crippen LogP contribution in [0.1, 0.15) is 32.3 Å². The van der Waals surface area contributed by atoms with Gasteiger partial charge in [0.15, 0.2) is 0 Å². The number of benzene rings is 1. The molecule has 96 valence electrons. The largest absolute Gasteiger partial charge is 0.497 e. The molecule has 3 heteroatoms. The van der Waals surface area contributed by atoms with Crippen LogP contribution in [0.25, 0.3) is 5.76 Å². The first-order valence-electron chi connectivity index (χ1n) is 6.06. The van der Waals surface area contributed by atoms with Gasteiger partial charge in [-0.05, 0) is 50.1 Å². The lowest BCUT2D eigenvalue weighted by atomic mass is 10.1. The van der Waals surface area contributed by atoms with Gasteiger partial charge >= 0.3 is 0 Å². The standard InChI is InChI=1S/C15H19NO2/c1-4-18-15(12(2)6-5-11-16)13-7-9-14(17-3)10-8-13/h7-10H,4-6H2,1-3H3. The van der Waals surface area contributed by atoms with E-state index < -0.39 is 0 Å². The van der Waals surface area contributed by atoms with E-state index in [2.05, 4.69) is 6.07 Å². The Morgan fingerprint density at radius 1 is 1.28 bits per heavy atom. The number of methoxy groups -OCH3 is 1. The number of allylic oxidation sites excluding steroid dienone is 1. The monoisotopic (exact) mass is 245 g/mol. The van der Waals surface area contributed by atoms with Crippen LogP contribution in [0.4, 0.5) is 0 Å². The van der Waals surface area contributed by atoms with Gasteiger partial charge in [-0.1, -0.05) is 0 Å². The second-order valence-electron chi connectivity index (χ2n) is 3.93. The highest BCUT2D eigenvalue weighted by Crippen LogP contribution is 2.24. The van der Waals surface area contributed by atoms with Crippen LogP contribution in [0.5, 0.6) is 5.75 Å². The van der Waals surface area contributed by atoms with Gasteiger partial charge in [0.1, 0.15) is 11.5 Å². The Labute approximate surface area is 109 Å². The first-order valence-corrected chi connectivity index (χ1v) is 6.06. The predicted molar refractivity (Wildman–Crippen MR) is 72.1 cm³/mol. The maximum Gasteiger partial charge on any atom is 0.125 e. The van der Waals surface area contributed by atoms with E-state index in [4.69, 9.17) is 14.7 Å². The quantitative estimate of drug-likeness (QED) is 0.716. The van der Waals surface area contributed by atoms with Gasteiger partial charge in [0, 0.05) is 12.0 Å². The highest BCUT2D eigenvalue weighted by molar-refractivity contribution is 5.63. The molecule has 0 atom stereocenters. The van der Waals surface area contributed by atoms with Gasteiger partial charge in [-0.3, -0.25) is 0 Å². The molecule has 0 aliphatic heterocycles. The third-order valence-electron chi connectivity index (χ3n) is 2.64. The van der Waals surface area contributed by atoms with Gasteiger partial charge in [-0.2, -0.15) is 5.26 Å². The van der Waals surface area contributed by atoms with Crippen LogP contribution in [0, 0.1) is 11.3 Å². The Kier molecular flexibility index (Phi) is 5.79. The number of hydrogen-bond acceptors (Lipinski definition) is 3. The van der Waals surface area contributed by atoms with Crippen LogP contribution in [-0.2, 0) is 4.74 Å². The molecular formula is C15H19NO2. The summed E-state index contributed by atoms with van der Waals surface area (Å²) in [5.41, 5.74) is 2.12. The lowest BCUT2D eigenvalue weighted by Gasteiger charge is -2.13. The summed E-state index contributed by atoms with van der Waals surface area (Å²) in [6.45, 7) is 4.58. The molecule has 0 unspecified atom stereocenters. The summed E-state index contributed by atoms with van der Waals surface area (Å²) in [7, 11) is 1.65.